The molecule has 0 spiro atoms. The van der Waals surface area contributed by atoms with Crippen molar-refractivity contribution < 1.29 is 23.8 Å². The molecule has 0 aliphatic heterocycles. The molecule has 0 saturated carbocycles. The van der Waals surface area contributed by atoms with Gasteiger partial charge in [-0.3, -0.25) is 9.59 Å². The second-order valence-electron chi connectivity index (χ2n) is 8.34. The average Bonchev–Trinajstić information content (AvgIpc) is 2.93. The summed E-state index contributed by atoms with van der Waals surface area (Å²) in [6.45, 7) is 2.57. The van der Waals surface area contributed by atoms with Gasteiger partial charge in [0.15, 0.2) is 6.61 Å². The first kappa shape index (κ1) is 26.6. The van der Waals surface area contributed by atoms with Crippen molar-refractivity contribution in [1.82, 2.24) is 10.2 Å². The zero-order valence-electron chi connectivity index (χ0n) is 21.1. The van der Waals surface area contributed by atoms with Crippen molar-refractivity contribution in [2.45, 2.75) is 32.4 Å². The van der Waals surface area contributed by atoms with Gasteiger partial charge < -0.3 is 24.4 Å². The van der Waals surface area contributed by atoms with Crippen molar-refractivity contribution in [2.75, 3.05) is 27.4 Å². The predicted molar refractivity (Wildman–Crippen MR) is 139 cm³/mol. The lowest BCUT2D eigenvalue weighted by Crippen LogP contribution is -2.51. The third-order valence-corrected chi connectivity index (χ3v) is 5.70. The number of carbonyl (C=O) groups excluding carboxylic acids is 2. The van der Waals surface area contributed by atoms with Gasteiger partial charge >= 0.3 is 0 Å². The maximum atomic E-state index is 13.6. The van der Waals surface area contributed by atoms with Crippen molar-refractivity contribution in [2.24, 2.45) is 0 Å². The van der Waals surface area contributed by atoms with Gasteiger partial charge in [-0.15, -0.1) is 0 Å². The number of nitrogens with one attached hydrogen (secondary N) is 1. The molecule has 1 N–H and O–H groups in total. The normalized spacial score (nSPS) is 11.3. The minimum Gasteiger partial charge on any atom is -0.496 e. The molecule has 2 amide bonds. The lowest BCUT2D eigenvalue weighted by molar-refractivity contribution is -0.142. The van der Waals surface area contributed by atoms with Crippen molar-refractivity contribution in [1.29, 1.82) is 0 Å². The largest absolute Gasteiger partial charge is 0.496 e. The first-order valence-electron chi connectivity index (χ1n) is 12.0. The van der Waals surface area contributed by atoms with E-state index in [0.29, 0.717) is 30.2 Å². The summed E-state index contributed by atoms with van der Waals surface area (Å²) in [5, 5.41) is 2.97. The maximum absolute atomic E-state index is 13.6. The van der Waals surface area contributed by atoms with Gasteiger partial charge in [0.1, 0.15) is 23.3 Å². The fraction of sp³-hybridized carbons (Fsp3) is 0.310. The highest BCUT2D eigenvalue weighted by Gasteiger charge is 2.30. The molecule has 7 heteroatoms. The van der Waals surface area contributed by atoms with Gasteiger partial charge in [-0.25, -0.2) is 0 Å². The molecule has 0 saturated heterocycles. The third kappa shape index (κ3) is 7.77. The molecule has 0 aliphatic carbocycles. The lowest BCUT2D eigenvalue weighted by Gasteiger charge is -2.31. The van der Waals surface area contributed by atoms with Crippen LogP contribution in [0.25, 0.3) is 0 Å². The molecule has 0 heterocycles. The molecule has 3 aromatic rings. The van der Waals surface area contributed by atoms with E-state index in [4.69, 9.17) is 14.2 Å². The van der Waals surface area contributed by atoms with E-state index in [1.807, 2.05) is 67.6 Å². The van der Waals surface area contributed by atoms with Gasteiger partial charge in [-0.1, -0.05) is 67.6 Å². The van der Waals surface area contributed by atoms with Crippen LogP contribution in [0.15, 0.2) is 78.9 Å². The molecule has 0 unspecified atom stereocenters. The Bertz CT molecular complexity index is 1080. The van der Waals surface area contributed by atoms with Crippen LogP contribution in [0.3, 0.4) is 0 Å². The van der Waals surface area contributed by atoms with Gasteiger partial charge in [0.25, 0.3) is 5.91 Å². The van der Waals surface area contributed by atoms with Crippen LogP contribution in [0.2, 0.25) is 0 Å². The minimum absolute atomic E-state index is 0.187. The summed E-state index contributed by atoms with van der Waals surface area (Å²) in [4.78, 5) is 28.5. The first-order chi connectivity index (χ1) is 17.5. The molecule has 190 valence electrons. The number of hydrogen-bond acceptors (Lipinski definition) is 5. The summed E-state index contributed by atoms with van der Waals surface area (Å²) < 4.78 is 16.4. The third-order valence-electron chi connectivity index (χ3n) is 5.70. The molecule has 0 fully saturated rings. The Morgan fingerprint density at radius 1 is 0.833 bits per heavy atom. The highest BCUT2D eigenvalue weighted by molar-refractivity contribution is 5.88. The predicted octanol–water partition coefficient (Wildman–Crippen LogP) is 4.25. The van der Waals surface area contributed by atoms with Crippen LogP contribution >= 0.6 is 0 Å². The number of ether oxygens (including phenoxy) is 3. The summed E-state index contributed by atoms with van der Waals surface area (Å²) in [5.41, 5.74) is 1.90. The average molecular weight is 491 g/mol. The Morgan fingerprint density at radius 2 is 1.39 bits per heavy atom. The van der Waals surface area contributed by atoms with E-state index in [0.717, 1.165) is 17.5 Å². The minimum atomic E-state index is -0.699. The number of nitrogens with zero attached hydrogens (tertiary/aromatic N) is 1. The first-order valence-corrected chi connectivity index (χ1v) is 12.0. The highest BCUT2D eigenvalue weighted by Crippen LogP contribution is 2.27. The SMILES string of the molecule is CCCNC(=O)[C@@H](Cc1ccccc1)N(Cc1ccccc1)C(=O)COc1cc(OC)cc(OC)c1. The fourth-order valence-corrected chi connectivity index (χ4v) is 3.79. The van der Waals surface area contributed by atoms with Crippen LogP contribution in [0.5, 0.6) is 17.2 Å². The molecular formula is C29H34N2O5. The molecule has 7 nitrogen and oxygen atoms in total. The fourth-order valence-electron chi connectivity index (χ4n) is 3.79. The maximum Gasteiger partial charge on any atom is 0.261 e. The molecule has 0 bridgehead atoms. The Labute approximate surface area is 213 Å². The van der Waals surface area contributed by atoms with Crippen LogP contribution in [0, 0.1) is 0 Å². The number of amides is 2. The van der Waals surface area contributed by atoms with E-state index < -0.39 is 6.04 Å². The summed E-state index contributed by atoms with van der Waals surface area (Å²) in [6, 6.07) is 23.8. The van der Waals surface area contributed by atoms with Crippen molar-refractivity contribution in [3.63, 3.8) is 0 Å². The zero-order valence-corrected chi connectivity index (χ0v) is 21.1. The number of methoxy groups -OCH3 is 2. The molecule has 36 heavy (non-hydrogen) atoms. The van der Waals surface area contributed by atoms with Crippen LogP contribution in [-0.4, -0.2) is 50.1 Å². The van der Waals surface area contributed by atoms with Gasteiger partial charge in [-0.2, -0.15) is 0 Å². The van der Waals surface area contributed by atoms with Crippen molar-refractivity contribution in [3.8, 4) is 17.2 Å². The molecule has 3 rings (SSSR count). The van der Waals surface area contributed by atoms with Crippen molar-refractivity contribution in [3.05, 3.63) is 90.0 Å². The quantitative estimate of drug-likeness (QED) is 0.388. The number of carbonyl (C=O) groups is 2. The summed E-state index contributed by atoms with van der Waals surface area (Å²) >= 11 is 0. The number of benzene rings is 3. The van der Waals surface area contributed by atoms with E-state index >= 15 is 0 Å². The van der Waals surface area contributed by atoms with E-state index in [1.54, 1.807) is 37.3 Å². The lowest BCUT2D eigenvalue weighted by atomic mass is 10.0. The summed E-state index contributed by atoms with van der Waals surface area (Å²) in [5.74, 6) is 1.06. The van der Waals surface area contributed by atoms with Gasteiger partial charge in [0.2, 0.25) is 5.91 Å². The van der Waals surface area contributed by atoms with Gasteiger partial charge in [-0.05, 0) is 17.5 Å². The summed E-state index contributed by atoms with van der Waals surface area (Å²) in [7, 11) is 3.10. The second-order valence-corrected chi connectivity index (χ2v) is 8.34. The molecule has 0 radical (unpaired) electrons. The highest BCUT2D eigenvalue weighted by atomic mass is 16.5. The molecule has 0 aliphatic rings. The van der Waals surface area contributed by atoms with Crippen molar-refractivity contribution >= 4 is 11.8 Å². The number of rotatable bonds is 13. The van der Waals surface area contributed by atoms with Crippen LogP contribution in [0.1, 0.15) is 24.5 Å². The van der Waals surface area contributed by atoms with Crippen LogP contribution in [0.4, 0.5) is 0 Å². The Hall–Kier alpha value is -4.00. The Morgan fingerprint density at radius 3 is 1.94 bits per heavy atom. The second kappa shape index (κ2) is 13.8. The van der Waals surface area contributed by atoms with Crippen LogP contribution < -0.4 is 19.5 Å². The van der Waals surface area contributed by atoms with E-state index in [1.165, 1.54) is 0 Å². The van der Waals surface area contributed by atoms with E-state index in [-0.39, 0.29) is 25.0 Å². The molecule has 1 atom stereocenters. The Balaban J connectivity index is 1.88. The van der Waals surface area contributed by atoms with E-state index in [2.05, 4.69) is 5.32 Å². The Kier molecular flexibility index (Phi) is 10.2. The number of hydrogen-bond donors (Lipinski definition) is 1. The zero-order chi connectivity index (χ0) is 25.8. The standard InChI is InChI=1S/C29H34N2O5/c1-4-15-30-29(33)27(16-22-11-7-5-8-12-22)31(20-23-13-9-6-10-14-23)28(32)21-36-26-18-24(34-2)17-25(19-26)35-3/h5-14,17-19,27H,4,15-16,20-21H2,1-3H3,(H,30,33)/t27-/m1/s1. The topological polar surface area (TPSA) is 77.1 Å². The van der Waals surface area contributed by atoms with Crippen LogP contribution in [-0.2, 0) is 22.6 Å². The summed E-state index contributed by atoms with van der Waals surface area (Å²) in [6.07, 6.45) is 1.19. The van der Waals surface area contributed by atoms with Gasteiger partial charge in [0, 0.05) is 37.7 Å². The monoisotopic (exact) mass is 490 g/mol. The molecule has 3 aromatic carbocycles. The molecular weight excluding hydrogens is 456 g/mol. The van der Waals surface area contributed by atoms with E-state index in [9.17, 15) is 9.59 Å². The smallest absolute Gasteiger partial charge is 0.261 e. The molecule has 0 aromatic heterocycles. The van der Waals surface area contributed by atoms with Gasteiger partial charge in [0.05, 0.1) is 14.2 Å².